The SMILES string of the molecule is CCCCn1c(C2CC2)nc(-c2cccc(Br)c2)c1N. The highest BCUT2D eigenvalue weighted by molar-refractivity contribution is 9.10. The van der Waals surface area contributed by atoms with Crippen LogP contribution >= 0.6 is 15.9 Å². The van der Waals surface area contributed by atoms with Crippen LogP contribution in [-0.2, 0) is 6.54 Å². The van der Waals surface area contributed by atoms with Gasteiger partial charge in [0.05, 0.1) is 0 Å². The van der Waals surface area contributed by atoms with Crippen molar-refractivity contribution in [2.45, 2.75) is 45.1 Å². The van der Waals surface area contributed by atoms with Gasteiger partial charge in [0, 0.05) is 22.5 Å². The molecule has 0 bridgehead atoms. The molecule has 1 aromatic heterocycles. The van der Waals surface area contributed by atoms with Gasteiger partial charge in [0.25, 0.3) is 0 Å². The van der Waals surface area contributed by atoms with Gasteiger partial charge in [-0.25, -0.2) is 4.98 Å². The maximum absolute atomic E-state index is 6.38. The van der Waals surface area contributed by atoms with E-state index in [9.17, 15) is 0 Å². The Bertz CT molecular complexity index is 614. The summed E-state index contributed by atoms with van der Waals surface area (Å²) in [6.45, 7) is 3.19. The second kappa shape index (κ2) is 5.60. The Hall–Kier alpha value is -1.29. The molecule has 0 amide bonds. The molecule has 1 fully saturated rings. The topological polar surface area (TPSA) is 43.8 Å². The number of nitrogens with zero attached hydrogens (tertiary/aromatic N) is 2. The fourth-order valence-electron chi connectivity index (χ4n) is 2.54. The minimum atomic E-state index is 0.620. The smallest absolute Gasteiger partial charge is 0.131 e. The Kier molecular flexibility index (Phi) is 3.83. The molecule has 1 aromatic carbocycles. The molecular weight excluding hydrogens is 314 g/mol. The number of nitrogens with two attached hydrogens (primary N) is 1. The first-order valence-electron chi connectivity index (χ1n) is 7.32. The predicted molar refractivity (Wildman–Crippen MR) is 86.7 cm³/mol. The molecular formula is C16H20BrN3. The van der Waals surface area contributed by atoms with Crippen LogP contribution in [0, 0.1) is 0 Å². The van der Waals surface area contributed by atoms with Crippen LogP contribution in [0.5, 0.6) is 0 Å². The van der Waals surface area contributed by atoms with Crippen molar-refractivity contribution in [1.29, 1.82) is 0 Å². The summed E-state index contributed by atoms with van der Waals surface area (Å²) in [6, 6.07) is 8.21. The number of hydrogen-bond acceptors (Lipinski definition) is 2. The van der Waals surface area contributed by atoms with Crippen LogP contribution in [0.25, 0.3) is 11.3 Å². The summed E-state index contributed by atoms with van der Waals surface area (Å²) in [5.41, 5.74) is 8.40. The average Bonchev–Trinajstić information content (AvgIpc) is 3.22. The van der Waals surface area contributed by atoms with E-state index in [1.165, 1.54) is 25.1 Å². The van der Waals surface area contributed by atoms with Crippen LogP contribution in [0.1, 0.15) is 44.3 Å². The van der Waals surface area contributed by atoms with E-state index in [1.54, 1.807) is 0 Å². The molecule has 0 atom stereocenters. The van der Waals surface area contributed by atoms with Crippen molar-refractivity contribution in [3.8, 4) is 11.3 Å². The standard InChI is InChI=1S/C16H20BrN3/c1-2-3-9-20-15(18)14(19-16(20)11-7-8-11)12-5-4-6-13(17)10-12/h4-6,10-11H,2-3,7-9,18H2,1H3. The Morgan fingerprint density at radius 3 is 2.85 bits per heavy atom. The molecule has 2 aromatic rings. The van der Waals surface area contributed by atoms with E-state index < -0.39 is 0 Å². The zero-order valence-electron chi connectivity index (χ0n) is 11.8. The van der Waals surface area contributed by atoms with Crippen LogP contribution in [0.4, 0.5) is 5.82 Å². The number of imidazole rings is 1. The fourth-order valence-corrected chi connectivity index (χ4v) is 2.94. The van der Waals surface area contributed by atoms with Gasteiger partial charge in [-0.1, -0.05) is 41.4 Å². The van der Waals surface area contributed by atoms with E-state index in [4.69, 9.17) is 10.7 Å². The lowest BCUT2D eigenvalue weighted by atomic mass is 10.1. The summed E-state index contributed by atoms with van der Waals surface area (Å²) >= 11 is 3.52. The summed E-state index contributed by atoms with van der Waals surface area (Å²) in [5.74, 6) is 2.62. The first-order chi connectivity index (χ1) is 9.70. The Morgan fingerprint density at radius 2 is 2.20 bits per heavy atom. The molecule has 106 valence electrons. The number of anilines is 1. The molecule has 2 N–H and O–H groups in total. The van der Waals surface area contributed by atoms with Crippen LogP contribution in [0.2, 0.25) is 0 Å². The van der Waals surface area contributed by atoms with Crippen molar-refractivity contribution in [3.05, 3.63) is 34.6 Å². The molecule has 1 aliphatic rings. The van der Waals surface area contributed by atoms with Gasteiger partial charge in [0.2, 0.25) is 0 Å². The largest absolute Gasteiger partial charge is 0.383 e. The number of rotatable bonds is 5. The van der Waals surface area contributed by atoms with Gasteiger partial charge in [-0.3, -0.25) is 0 Å². The Balaban J connectivity index is 2.03. The molecule has 3 rings (SSSR count). The number of hydrogen-bond donors (Lipinski definition) is 1. The first-order valence-corrected chi connectivity index (χ1v) is 8.11. The lowest BCUT2D eigenvalue weighted by molar-refractivity contribution is 0.609. The highest BCUT2D eigenvalue weighted by Crippen LogP contribution is 2.42. The van der Waals surface area contributed by atoms with E-state index in [1.807, 2.05) is 12.1 Å². The maximum atomic E-state index is 6.38. The van der Waals surface area contributed by atoms with Gasteiger partial charge in [0.15, 0.2) is 0 Å². The maximum Gasteiger partial charge on any atom is 0.131 e. The van der Waals surface area contributed by atoms with Gasteiger partial charge in [-0.15, -0.1) is 0 Å². The molecule has 1 heterocycles. The number of benzene rings is 1. The third-order valence-electron chi connectivity index (χ3n) is 3.81. The van der Waals surface area contributed by atoms with Crippen LogP contribution in [-0.4, -0.2) is 9.55 Å². The lowest BCUT2D eigenvalue weighted by Gasteiger charge is -2.08. The number of unbranched alkanes of at least 4 members (excludes halogenated alkanes) is 1. The zero-order valence-corrected chi connectivity index (χ0v) is 13.4. The minimum Gasteiger partial charge on any atom is -0.383 e. The first kappa shape index (κ1) is 13.7. The number of halogens is 1. The summed E-state index contributed by atoms with van der Waals surface area (Å²) in [7, 11) is 0. The molecule has 3 nitrogen and oxygen atoms in total. The van der Waals surface area contributed by atoms with E-state index in [2.05, 4.69) is 39.6 Å². The molecule has 20 heavy (non-hydrogen) atoms. The van der Waals surface area contributed by atoms with Gasteiger partial charge in [0.1, 0.15) is 17.3 Å². The van der Waals surface area contributed by atoms with Crippen molar-refractivity contribution in [1.82, 2.24) is 9.55 Å². The van der Waals surface area contributed by atoms with Gasteiger partial charge < -0.3 is 10.3 Å². The molecule has 0 unspecified atom stereocenters. The Labute approximate surface area is 128 Å². The lowest BCUT2D eigenvalue weighted by Crippen LogP contribution is -2.06. The number of nitrogen functional groups attached to an aromatic ring is 1. The van der Waals surface area contributed by atoms with Crippen molar-refractivity contribution < 1.29 is 0 Å². The Morgan fingerprint density at radius 1 is 1.40 bits per heavy atom. The summed E-state index contributed by atoms with van der Waals surface area (Å²) < 4.78 is 3.29. The van der Waals surface area contributed by atoms with Crippen molar-refractivity contribution in [2.24, 2.45) is 0 Å². The van der Waals surface area contributed by atoms with Gasteiger partial charge in [-0.2, -0.15) is 0 Å². The minimum absolute atomic E-state index is 0.620. The normalized spacial score (nSPS) is 14.7. The highest BCUT2D eigenvalue weighted by Gasteiger charge is 2.30. The molecule has 1 aliphatic carbocycles. The third kappa shape index (κ3) is 2.62. The molecule has 0 aliphatic heterocycles. The molecule has 0 saturated heterocycles. The zero-order chi connectivity index (χ0) is 14.1. The van der Waals surface area contributed by atoms with Crippen molar-refractivity contribution in [3.63, 3.8) is 0 Å². The van der Waals surface area contributed by atoms with Crippen LogP contribution in [0.15, 0.2) is 28.7 Å². The number of aromatic nitrogens is 2. The summed E-state index contributed by atoms with van der Waals surface area (Å²) in [4.78, 5) is 4.85. The molecule has 0 spiro atoms. The van der Waals surface area contributed by atoms with E-state index in [-0.39, 0.29) is 0 Å². The van der Waals surface area contributed by atoms with E-state index in [0.717, 1.165) is 34.5 Å². The second-order valence-corrected chi connectivity index (χ2v) is 6.41. The van der Waals surface area contributed by atoms with Gasteiger partial charge >= 0.3 is 0 Å². The van der Waals surface area contributed by atoms with Crippen LogP contribution < -0.4 is 5.73 Å². The highest BCUT2D eigenvalue weighted by atomic mass is 79.9. The van der Waals surface area contributed by atoms with Crippen LogP contribution in [0.3, 0.4) is 0 Å². The third-order valence-corrected chi connectivity index (χ3v) is 4.31. The summed E-state index contributed by atoms with van der Waals surface area (Å²) in [5, 5.41) is 0. The van der Waals surface area contributed by atoms with Crippen molar-refractivity contribution in [2.75, 3.05) is 5.73 Å². The molecule has 1 saturated carbocycles. The average molecular weight is 334 g/mol. The predicted octanol–water partition coefficient (Wildman–Crippen LogP) is 4.57. The quantitative estimate of drug-likeness (QED) is 0.870. The summed E-state index contributed by atoms with van der Waals surface area (Å²) in [6.07, 6.45) is 4.83. The second-order valence-electron chi connectivity index (χ2n) is 5.49. The molecule has 0 radical (unpaired) electrons. The van der Waals surface area contributed by atoms with Crippen molar-refractivity contribution >= 4 is 21.7 Å². The van der Waals surface area contributed by atoms with E-state index >= 15 is 0 Å². The fraction of sp³-hybridized carbons (Fsp3) is 0.438. The van der Waals surface area contributed by atoms with E-state index in [0.29, 0.717) is 5.92 Å². The monoisotopic (exact) mass is 333 g/mol. The molecule has 4 heteroatoms. The van der Waals surface area contributed by atoms with Gasteiger partial charge in [-0.05, 0) is 31.4 Å².